The predicted octanol–water partition coefficient (Wildman–Crippen LogP) is 4.34. The number of nitrogens with zero attached hydrogens (tertiary/aromatic N) is 1. The van der Waals surface area contributed by atoms with Gasteiger partial charge in [0.05, 0.1) is 5.69 Å². The SMILES string of the molecule is CC(C)c1ccccc1Oc1nc(Br)ccc1N. The number of halogens is 1. The highest BCUT2D eigenvalue weighted by molar-refractivity contribution is 9.10. The van der Waals surface area contributed by atoms with E-state index in [1.807, 2.05) is 24.3 Å². The molecule has 18 heavy (non-hydrogen) atoms. The average Bonchev–Trinajstić information content (AvgIpc) is 2.34. The van der Waals surface area contributed by atoms with Crippen LogP contribution in [-0.2, 0) is 0 Å². The summed E-state index contributed by atoms with van der Waals surface area (Å²) >= 11 is 3.31. The van der Waals surface area contributed by atoms with E-state index in [2.05, 4.69) is 34.8 Å². The fraction of sp³-hybridized carbons (Fsp3) is 0.214. The maximum atomic E-state index is 5.86. The molecule has 1 heterocycles. The van der Waals surface area contributed by atoms with Gasteiger partial charge in [-0.3, -0.25) is 0 Å². The number of ether oxygens (including phenoxy) is 1. The number of benzene rings is 1. The summed E-state index contributed by atoms with van der Waals surface area (Å²) < 4.78 is 6.52. The highest BCUT2D eigenvalue weighted by atomic mass is 79.9. The number of hydrogen-bond acceptors (Lipinski definition) is 3. The number of para-hydroxylation sites is 1. The van der Waals surface area contributed by atoms with Crippen LogP contribution in [0, 0.1) is 0 Å². The summed E-state index contributed by atoms with van der Waals surface area (Å²) in [6.45, 7) is 4.25. The first-order chi connectivity index (χ1) is 8.58. The number of aromatic nitrogens is 1. The van der Waals surface area contributed by atoms with Gasteiger partial charge in [-0.05, 0) is 45.6 Å². The molecular weight excluding hydrogens is 292 g/mol. The Labute approximate surface area is 115 Å². The van der Waals surface area contributed by atoms with Crippen molar-refractivity contribution in [1.29, 1.82) is 0 Å². The summed E-state index contributed by atoms with van der Waals surface area (Å²) in [6.07, 6.45) is 0. The van der Waals surface area contributed by atoms with Crippen molar-refractivity contribution >= 4 is 21.6 Å². The van der Waals surface area contributed by atoms with E-state index in [1.165, 1.54) is 0 Å². The van der Waals surface area contributed by atoms with E-state index in [0.29, 0.717) is 22.1 Å². The smallest absolute Gasteiger partial charge is 0.243 e. The molecular formula is C14H15BrN2O. The zero-order valence-electron chi connectivity index (χ0n) is 10.4. The lowest BCUT2D eigenvalue weighted by molar-refractivity contribution is 0.456. The van der Waals surface area contributed by atoms with Crippen LogP contribution in [0.2, 0.25) is 0 Å². The molecule has 0 aliphatic rings. The van der Waals surface area contributed by atoms with Crippen molar-refractivity contribution in [3.8, 4) is 11.6 Å². The van der Waals surface area contributed by atoms with Gasteiger partial charge in [0, 0.05) is 0 Å². The molecule has 1 aromatic heterocycles. The fourth-order valence-electron chi connectivity index (χ4n) is 1.67. The molecule has 0 spiro atoms. The number of hydrogen-bond donors (Lipinski definition) is 1. The van der Waals surface area contributed by atoms with E-state index in [1.54, 1.807) is 12.1 Å². The normalized spacial score (nSPS) is 10.7. The van der Waals surface area contributed by atoms with Crippen molar-refractivity contribution in [3.63, 3.8) is 0 Å². The first kappa shape index (κ1) is 12.9. The van der Waals surface area contributed by atoms with Gasteiger partial charge in [-0.1, -0.05) is 32.0 Å². The number of rotatable bonds is 3. The van der Waals surface area contributed by atoms with E-state index in [0.717, 1.165) is 11.3 Å². The number of anilines is 1. The minimum absolute atomic E-state index is 0.384. The Balaban J connectivity index is 2.37. The zero-order chi connectivity index (χ0) is 13.1. The zero-order valence-corrected chi connectivity index (χ0v) is 11.9. The Bertz CT molecular complexity index is 555. The summed E-state index contributed by atoms with van der Waals surface area (Å²) in [4.78, 5) is 4.24. The van der Waals surface area contributed by atoms with Crippen LogP contribution >= 0.6 is 15.9 Å². The van der Waals surface area contributed by atoms with E-state index >= 15 is 0 Å². The maximum Gasteiger partial charge on any atom is 0.243 e. The maximum absolute atomic E-state index is 5.86. The second-order valence-electron chi connectivity index (χ2n) is 4.32. The van der Waals surface area contributed by atoms with Crippen LogP contribution in [0.25, 0.3) is 0 Å². The van der Waals surface area contributed by atoms with Crippen LogP contribution in [0.15, 0.2) is 41.0 Å². The first-order valence-electron chi connectivity index (χ1n) is 5.76. The van der Waals surface area contributed by atoms with Crippen molar-refractivity contribution in [2.75, 3.05) is 5.73 Å². The molecule has 0 fully saturated rings. The highest BCUT2D eigenvalue weighted by Crippen LogP contribution is 2.32. The van der Waals surface area contributed by atoms with Crippen LogP contribution < -0.4 is 10.5 Å². The number of pyridine rings is 1. The van der Waals surface area contributed by atoms with E-state index in [-0.39, 0.29) is 0 Å². The second-order valence-corrected chi connectivity index (χ2v) is 5.14. The van der Waals surface area contributed by atoms with E-state index in [4.69, 9.17) is 10.5 Å². The van der Waals surface area contributed by atoms with Gasteiger partial charge in [0.15, 0.2) is 0 Å². The molecule has 4 heteroatoms. The van der Waals surface area contributed by atoms with Gasteiger partial charge in [0.2, 0.25) is 5.88 Å². The summed E-state index contributed by atoms with van der Waals surface area (Å²) in [5.74, 6) is 1.61. The van der Waals surface area contributed by atoms with Crippen molar-refractivity contribution in [2.24, 2.45) is 0 Å². The first-order valence-corrected chi connectivity index (χ1v) is 6.56. The Morgan fingerprint density at radius 2 is 1.89 bits per heavy atom. The minimum atomic E-state index is 0.384. The van der Waals surface area contributed by atoms with Gasteiger partial charge < -0.3 is 10.5 Å². The lowest BCUT2D eigenvalue weighted by Gasteiger charge is -2.13. The number of nitrogen functional groups attached to an aromatic ring is 1. The highest BCUT2D eigenvalue weighted by Gasteiger charge is 2.10. The van der Waals surface area contributed by atoms with E-state index in [9.17, 15) is 0 Å². The molecule has 0 radical (unpaired) electrons. The molecule has 94 valence electrons. The average molecular weight is 307 g/mol. The molecule has 0 unspecified atom stereocenters. The Morgan fingerprint density at radius 1 is 1.17 bits per heavy atom. The van der Waals surface area contributed by atoms with Gasteiger partial charge in [0.1, 0.15) is 10.4 Å². The fourth-order valence-corrected chi connectivity index (χ4v) is 1.96. The van der Waals surface area contributed by atoms with Gasteiger partial charge in [-0.2, -0.15) is 0 Å². The molecule has 2 N–H and O–H groups in total. The van der Waals surface area contributed by atoms with Crippen LogP contribution in [0.5, 0.6) is 11.6 Å². The molecule has 3 nitrogen and oxygen atoms in total. The molecule has 0 amide bonds. The Morgan fingerprint density at radius 3 is 2.61 bits per heavy atom. The standard InChI is InChI=1S/C14H15BrN2O/c1-9(2)10-5-3-4-6-12(10)18-14-11(16)7-8-13(15)17-14/h3-9H,16H2,1-2H3. The van der Waals surface area contributed by atoms with Crippen molar-refractivity contribution in [1.82, 2.24) is 4.98 Å². The molecule has 0 bridgehead atoms. The second kappa shape index (κ2) is 5.40. The van der Waals surface area contributed by atoms with Gasteiger partial charge in [-0.15, -0.1) is 0 Å². The van der Waals surface area contributed by atoms with Crippen molar-refractivity contribution < 1.29 is 4.74 Å². The Hall–Kier alpha value is -1.55. The predicted molar refractivity (Wildman–Crippen MR) is 77.0 cm³/mol. The molecule has 0 saturated carbocycles. The van der Waals surface area contributed by atoms with Gasteiger partial charge >= 0.3 is 0 Å². The summed E-state index contributed by atoms with van der Waals surface area (Å²) in [7, 11) is 0. The van der Waals surface area contributed by atoms with Crippen molar-refractivity contribution in [3.05, 3.63) is 46.6 Å². The molecule has 2 rings (SSSR count). The summed E-state index contributed by atoms with van der Waals surface area (Å²) in [5.41, 5.74) is 7.52. The van der Waals surface area contributed by atoms with Gasteiger partial charge in [0.25, 0.3) is 0 Å². The third-order valence-electron chi connectivity index (χ3n) is 2.60. The van der Waals surface area contributed by atoms with Crippen LogP contribution in [0.1, 0.15) is 25.3 Å². The number of nitrogens with two attached hydrogens (primary N) is 1. The van der Waals surface area contributed by atoms with Crippen molar-refractivity contribution in [2.45, 2.75) is 19.8 Å². The quantitative estimate of drug-likeness (QED) is 0.858. The third kappa shape index (κ3) is 2.82. The lowest BCUT2D eigenvalue weighted by atomic mass is 10.0. The van der Waals surface area contributed by atoms with E-state index < -0.39 is 0 Å². The molecule has 0 aliphatic heterocycles. The monoisotopic (exact) mass is 306 g/mol. The third-order valence-corrected chi connectivity index (χ3v) is 3.05. The van der Waals surface area contributed by atoms with Gasteiger partial charge in [-0.25, -0.2) is 4.98 Å². The van der Waals surface area contributed by atoms with Crippen LogP contribution in [0.3, 0.4) is 0 Å². The summed E-state index contributed by atoms with van der Waals surface area (Å²) in [5, 5.41) is 0. The molecule has 0 atom stereocenters. The van der Waals surface area contributed by atoms with Crippen LogP contribution in [0.4, 0.5) is 5.69 Å². The van der Waals surface area contributed by atoms with Crippen LogP contribution in [-0.4, -0.2) is 4.98 Å². The summed E-state index contributed by atoms with van der Waals surface area (Å²) in [6, 6.07) is 11.5. The minimum Gasteiger partial charge on any atom is -0.437 e. The lowest BCUT2D eigenvalue weighted by Crippen LogP contribution is -1.98. The molecule has 1 aromatic carbocycles. The molecule has 2 aromatic rings. The largest absolute Gasteiger partial charge is 0.437 e. The molecule has 0 saturated heterocycles. The topological polar surface area (TPSA) is 48.1 Å². The Kier molecular flexibility index (Phi) is 3.87. The molecule has 0 aliphatic carbocycles.